The number of rotatable bonds is 4. The molecule has 7 heteroatoms. The molecule has 1 aliphatic carbocycles. The van der Waals surface area contributed by atoms with Crippen LogP contribution in [-0.4, -0.2) is 36.4 Å². The van der Waals surface area contributed by atoms with Crippen molar-refractivity contribution in [3.05, 3.63) is 40.3 Å². The highest BCUT2D eigenvalue weighted by molar-refractivity contribution is 6.34. The molecule has 1 fully saturated rings. The van der Waals surface area contributed by atoms with Crippen LogP contribution in [0.3, 0.4) is 0 Å². The zero-order valence-corrected chi connectivity index (χ0v) is 17.0. The summed E-state index contributed by atoms with van der Waals surface area (Å²) in [5.74, 6) is 0.212. The molecule has 2 aliphatic rings. The molecule has 0 saturated heterocycles. The molecular formula is C21H24ClFN4O. The van der Waals surface area contributed by atoms with E-state index in [1.807, 2.05) is 0 Å². The first-order chi connectivity index (χ1) is 13.3. The van der Waals surface area contributed by atoms with Gasteiger partial charge in [-0.15, -0.1) is 0 Å². The average molecular weight is 403 g/mol. The number of amides is 1. The normalized spacial score (nSPS) is 22.1. The van der Waals surface area contributed by atoms with Gasteiger partial charge in [0, 0.05) is 54.6 Å². The molecule has 4 rings (SSSR count). The molecule has 1 saturated carbocycles. The summed E-state index contributed by atoms with van der Waals surface area (Å²) in [7, 11) is 3.13. The molecule has 1 aromatic heterocycles. The molecule has 2 atom stereocenters. The number of hydrogen-bond acceptors (Lipinski definition) is 4. The van der Waals surface area contributed by atoms with Crippen molar-refractivity contribution < 1.29 is 9.18 Å². The Labute approximate surface area is 169 Å². The maximum Gasteiger partial charge on any atom is 0.258 e. The Morgan fingerprint density at radius 3 is 2.86 bits per heavy atom. The fourth-order valence-electron chi connectivity index (χ4n) is 4.47. The van der Waals surface area contributed by atoms with E-state index in [0.29, 0.717) is 16.5 Å². The van der Waals surface area contributed by atoms with Crippen LogP contribution in [0.15, 0.2) is 18.3 Å². The fraction of sp³-hybridized carbons (Fsp3) is 0.429. The first kappa shape index (κ1) is 19.0. The molecule has 2 heterocycles. The minimum absolute atomic E-state index is 0.00198. The van der Waals surface area contributed by atoms with Gasteiger partial charge in [-0.1, -0.05) is 24.9 Å². The van der Waals surface area contributed by atoms with Gasteiger partial charge in [0.2, 0.25) is 0 Å². The minimum atomic E-state index is -0.664. The Morgan fingerprint density at radius 2 is 2.18 bits per heavy atom. The van der Waals surface area contributed by atoms with Crippen molar-refractivity contribution in [3.8, 4) is 11.1 Å². The van der Waals surface area contributed by atoms with E-state index in [0.717, 1.165) is 37.2 Å². The molecule has 0 radical (unpaired) electrons. The molecule has 1 aliphatic heterocycles. The quantitative estimate of drug-likeness (QED) is 0.747. The van der Waals surface area contributed by atoms with Gasteiger partial charge < -0.3 is 16.0 Å². The summed E-state index contributed by atoms with van der Waals surface area (Å²) in [6.07, 6.45) is 4.90. The monoisotopic (exact) mass is 402 g/mol. The van der Waals surface area contributed by atoms with E-state index in [9.17, 15) is 4.79 Å². The van der Waals surface area contributed by atoms with Gasteiger partial charge >= 0.3 is 0 Å². The van der Waals surface area contributed by atoms with Crippen molar-refractivity contribution in [2.45, 2.75) is 31.6 Å². The Bertz CT molecular complexity index is 977. The Hall–Kier alpha value is -2.34. The van der Waals surface area contributed by atoms with Crippen LogP contribution in [0.2, 0.25) is 5.02 Å². The van der Waals surface area contributed by atoms with Gasteiger partial charge in [-0.3, -0.25) is 4.79 Å². The van der Waals surface area contributed by atoms with Crippen molar-refractivity contribution in [1.29, 1.82) is 0 Å². The number of aromatic nitrogens is 1. The molecule has 1 aromatic carbocycles. The Kier molecular flexibility index (Phi) is 4.49. The van der Waals surface area contributed by atoms with Crippen molar-refractivity contribution in [2.75, 3.05) is 31.7 Å². The largest absolute Gasteiger partial charge is 0.398 e. The van der Waals surface area contributed by atoms with Crippen LogP contribution in [0.1, 0.15) is 42.1 Å². The van der Waals surface area contributed by atoms with Crippen LogP contribution in [-0.2, 0) is 5.41 Å². The molecule has 0 bridgehead atoms. The molecule has 1 spiro atoms. The second-order valence-corrected chi connectivity index (χ2v) is 8.38. The van der Waals surface area contributed by atoms with E-state index in [-0.39, 0.29) is 22.2 Å². The number of fused-ring (bicyclic) bond motifs is 2. The lowest BCUT2D eigenvalue weighted by molar-refractivity contribution is 0.0824. The van der Waals surface area contributed by atoms with Crippen molar-refractivity contribution in [1.82, 2.24) is 9.88 Å². The van der Waals surface area contributed by atoms with Gasteiger partial charge in [0.15, 0.2) is 0 Å². The fourth-order valence-corrected chi connectivity index (χ4v) is 4.89. The molecular weight excluding hydrogens is 379 g/mol. The summed E-state index contributed by atoms with van der Waals surface area (Å²) in [6.45, 7) is 3.00. The number of nitrogen functional groups attached to an aromatic ring is 1. The first-order valence-electron chi connectivity index (χ1n) is 9.54. The summed E-state index contributed by atoms with van der Waals surface area (Å²) >= 11 is 6.81. The summed E-state index contributed by atoms with van der Waals surface area (Å²) in [5, 5.41) is 3.87. The van der Waals surface area contributed by atoms with Gasteiger partial charge in [-0.05, 0) is 30.9 Å². The van der Waals surface area contributed by atoms with E-state index in [1.165, 1.54) is 4.90 Å². The number of nitrogens with zero attached hydrogens (tertiary/aromatic N) is 2. The smallest absolute Gasteiger partial charge is 0.258 e. The summed E-state index contributed by atoms with van der Waals surface area (Å²) in [5.41, 5.74) is 7.59. The van der Waals surface area contributed by atoms with Gasteiger partial charge in [0.1, 0.15) is 11.6 Å². The second-order valence-electron chi connectivity index (χ2n) is 8.00. The molecule has 5 nitrogen and oxygen atoms in total. The number of halogens is 2. The number of nitrogens with two attached hydrogens (primary N) is 1. The Balaban J connectivity index is 1.84. The van der Waals surface area contributed by atoms with Gasteiger partial charge in [0.25, 0.3) is 5.91 Å². The lowest BCUT2D eigenvalue weighted by atomic mass is 9.92. The molecule has 148 valence electrons. The third-order valence-electron chi connectivity index (χ3n) is 6.04. The second kappa shape index (κ2) is 6.62. The number of carbonyl (C=O) groups excluding carboxylic acids is 1. The highest BCUT2D eigenvalue weighted by atomic mass is 35.5. The van der Waals surface area contributed by atoms with E-state index >= 15 is 4.39 Å². The first-order valence-corrected chi connectivity index (χ1v) is 9.92. The number of carbonyl (C=O) groups is 1. The van der Waals surface area contributed by atoms with E-state index < -0.39 is 11.7 Å². The van der Waals surface area contributed by atoms with Crippen molar-refractivity contribution in [2.24, 2.45) is 5.92 Å². The highest BCUT2D eigenvalue weighted by Crippen LogP contribution is 2.63. The average Bonchev–Trinajstić information content (AvgIpc) is 3.19. The highest BCUT2D eigenvalue weighted by Gasteiger charge is 2.59. The minimum Gasteiger partial charge on any atom is -0.398 e. The number of hydrogen-bond donors (Lipinski definition) is 2. The maximum atomic E-state index is 15.3. The lowest BCUT2D eigenvalue weighted by Gasteiger charge is -2.17. The standard InChI is InChI=1S/C21H24ClFN4O/c1-4-5-11-8-21(11)10-26-19-16(21)17(22)13(9-25-19)12-6-7-14(24)15(18(12)23)20(28)27(2)3/h6-7,9,11H,4-5,8,10,24H2,1-3H3,(H,25,26)/t11-,21-/m1/s1. The molecule has 0 unspecified atom stereocenters. The number of pyridine rings is 1. The summed E-state index contributed by atoms with van der Waals surface area (Å²) in [4.78, 5) is 18.2. The zero-order chi connectivity index (χ0) is 20.2. The van der Waals surface area contributed by atoms with Crippen LogP contribution in [0, 0.1) is 11.7 Å². The summed E-state index contributed by atoms with van der Waals surface area (Å²) in [6, 6.07) is 3.11. The number of anilines is 2. The third-order valence-corrected chi connectivity index (χ3v) is 6.43. The molecule has 3 N–H and O–H groups in total. The SMILES string of the molecule is CCC[C@@H]1C[C@@]12CNc1ncc(-c3ccc(N)c(C(=O)N(C)C)c3F)c(Cl)c12. The van der Waals surface area contributed by atoms with Crippen LogP contribution in [0.5, 0.6) is 0 Å². The predicted octanol–water partition coefficient (Wildman–Crippen LogP) is 4.31. The van der Waals surface area contributed by atoms with Crippen LogP contribution < -0.4 is 11.1 Å². The maximum absolute atomic E-state index is 15.3. The third kappa shape index (κ3) is 2.65. The number of benzene rings is 1. The van der Waals surface area contributed by atoms with Gasteiger partial charge in [0.05, 0.1) is 10.6 Å². The van der Waals surface area contributed by atoms with E-state index in [1.54, 1.807) is 32.4 Å². The van der Waals surface area contributed by atoms with Gasteiger partial charge in [-0.2, -0.15) is 0 Å². The van der Waals surface area contributed by atoms with Crippen molar-refractivity contribution >= 4 is 29.0 Å². The number of nitrogens with one attached hydrogen (secondary N) is 1. The Morgan fingerprint density at radius 1 is 1.43 bits per heavy atom. The van der Waals surface area contributed by atoms with Crippen LogP contribution >= 0.6 is 11.6 Å². The topological polar surface area (TPSA) is 71.2 Å². The molecule has 2 aromatic rings. The predicted molar refractivity (Wildman–Crippen MR) is 110 cm³/mol. The summed E-state index contributed by atoms with van der Waals surface area (Å²) < 4.78 is 15.3. The molecule has 1 amide bonds. The molecule has 28 heavy (non-hydrogen) atoms. The van der Waals surface area contributed by atoms with Crippen LogP contribution in [0.4, 0.5) is 15.9 Å². The van der Waals surface area contributed by atoms with Gasteiger partial charge in [-0.25, -0.2) is 9.37 Å². The lowest BCUT2D eigenvalue weighted by Crippen LogP contribution is -2.24. The van der Waals surface area contributed by atoms with Crippen molar-refractivity contribution in [3.63, 3.8) is 0 Å². The van der Waals surface area contributed by atoms with E-state index in [4.69, 9.17) is 17.3 Å². The van der Waals surface area contributed by atoms with E-state index in [2.05, 4.69) is 17.2 Å². The van der Waals surface area contributed by atoms with Crippen LogP contribution in [0.25, 0.3) is 11.1 Å². The zero-order valence-electron chi connectivity index (χ0n) is 16.3.